The number of nitrogens with zero attached hydrogens (tertiary/aromatic N) is 1. The molecular formula is C28H30N2O2S. The number of fused-ring (bicyclic) bond motifs is 2. The standard InChI is InChI=1S/C28H30N2O2S/c1-4-6-13-23(29-19-21-11-7-9-14-25(21)32-3)20-16-17-27-24(18-20)30(5-2)28(31)22-12-8-10-15-26(22)33-27/h7-18,29H,4-6,19H2,1-3H3/b23-13-. The lowest BCUT2D eigenvalue weighted by Gasteiger charge is -2.23. The number of carbonyl (C=O) groups is 1. The number of nitrogens with one attached hydrogen (secondary N) is 1. The van der Waals surface area contributed by atoms with Crippen LogP contribution >= 0.6 is 11.8 Å². The molecule has 4 rings (SSSR count). The van der Waals surface area contributed by atoms with Crippen LogP contribution in [0.3, 0.4) is 0 Å². The van der Waals surface area contributed by atoms with Crippen molar-refractivity contribution in [2.45, 2.75) is 43.0 Å². The van der Waals surface area contributed by atoms with Gasteiger partial charge in [0, 0.05) is 34.1 Å². The van der Waals surface area contributed by atoms with E-state index in [1.165, 1.54) is 0 Å². The Morgan fingerprint density at radius 1 is 1.03 bits per heavy atom. The van der Waals surface area contributed by atoms with Gasteiger partial charge in [-0.25, -0.2) is 0 Å². The van der Waals surface area contributed by atoms with Gasteiger partial charge in [-0.3, -0.25) is 4.79 Å². The maximum atomic E-state index is 13.3. The number of methoxy groups -OCH3 is 1. The number of para-hydroxylation sites is 1. The molecule has 1 aliphatic heterocycles. The Balaban J connectivity index is 1.69. The topological polar surface area (TPSA) is 41.6 Å². The van der Waals surface area contributed by atoms with Crippen LogP contribution in [0, 0.1) is 0 Å². The largest absolute Gasteiger partial charge is 0.496 e. The average Bonchev–Trinajstić information content (AvgIpc) is 2.97. The monoisotopic (exact) mass is 458 g/mol. The minimum atomic E-state index is 0.0533. The van der Waals surface area contributed by atoms with Crippen molar-refractivity contribution in [2.24, 2.45) is 0 Å². The average molecular weight is 459 g/mol. The summed E-state index contributed by atoms with van der Waals surface area (Å²) in [7, 11) is 1.70. The van der Waals surface area contributed by atoms with E-state index in [2.05, 4.69) is 42.6 Å². The van der Waals surface area contributed by atoms with Crippen LogP contribution in [0.2, 0.25) is 0 Å². The first-order chi connectivity index (χ1) is 16.2. The van der Waals surface area contributed by atoms with Crippen LogP contribution in [0.4, 0.5) is 5.69 Å². The summed E-state index contributed by atoms with van der Waals surface area (Å²) in [5, 5.41) is 3.62. The fourth-order valence-electron chi connectivity index (χ4n) is 4.02. The molecule has 0 saturated heterocycles. The summed E-state index contributed by atoms with van der Waals surface area (Å²) in [5.41, 5.74) is 4.98. The molecule has 1 N–H and O–H groups in total. The summed E-state index contributed by atoms with van der Waals surface area (Å²) >= 11 is 1.66. The van der Waals surface area contributed by atoms with Crippen LogP contribution in [0.5, 0.6) is 5.75 Å². The molecule has 0 aromatic heterocycles. The van der Waals surface area contributed by atoms with E-state index in [0.717, 1.165) is 56.5 Å². The predicted molar refractivity (Wildman–Crippen MR) is 137 cm³/mol. The molecule has 1 heterocycles. The first kappa shape index (κ1) is 23.0. The van der Waals surface area contributed by atoms with Crippen LogP contribution in [-0.4, -0.2) is 19.6 Å². The fraction of sp³-hybridized carbons (Fsp3) is 0.250. The van der Waals surface area contributed by atoms with Crippen molar-refractivity contribution in [2.75, 3.05) is 18.6 Å². The highest BCUT2D eigenvalue weighted by molar-refractivity contribution is 7.99. The van der Waals surface area contributed by atoms with Crippen LogP contribution in [0.25, 0.3) is 5.70 Å². The molecular weight excluding hydrogens is 428 g/mol. The van der Waals surface area contributed by atoms with Gasteiger partial charge in [0.1, 0.15) is 5.75 Å². The minimum Gasteiger partial charge on any atom is -0.496 e. The molecule has 1 amide bonds. The van der Waals surface area contributed by atoms with Gasteiger partial charge in [0.25, 0.3) is 5.91 Å². The second kappa shape index (κ2) is 10.6. The van der Waals surface area contributed by atoms with E-state index in [1.807, 2.05) is 54.3 Å². The SMILES string of the molecule is CCC/C=C(\NCc1ccccc1OC)c1ccc2c(c1)N(CC)C(=O)c1ccccc1S2. The molecule has 0 spiro atoms. The highest BCUT2D eigenvalue weighted by Gasteiger charge is 2.26. The number of anilines is 1. The normalized spacial score (nSPS) is 13.2. The molecule has 0 atom stereocenters. The number of hydrogen-bond donors (Lipinski definition) is 1. The fourth-order valence-corrected chi connectivity index (χ4v) is 5.08. The first-order valence-corrected chi connectivity index (χ1v) is 12.3. The summed E-state index contributed by atoms with van der Waals surface area (Å²) in [6.07, 6.45) is 4.28. The Hall–Kier alpha value is -3.18. The lowest BCUT2D eigenvalue weighted by Crippen LogP contribution is -2.30. The van der Waals surface area contributed by atoms with Crippen LogP contribution in [0.15, 0.2) is 82.6 Å². The third kappa shape index (κ3) is 4.93. The number of benzene rings is 3. The predicted octanol–water partition coefficient (Wildman–Crippen LogP) is 6.76. The molecule has 0 radical (unpaired) electrons. The summed E-state index contributed by atoms with van der Waals surface area (Å²) in [4.78, 5) is 17.3. The molecule has 33 heavy (non-hydrogen) atoms. The summed E-state index contributed by atoms with van der Waals surface area (Å²) in [6, 6.07) is 22.4. The second-order valence-corrected chi connectivity index (χ2v) is 8.99. The van der Waals surface area contributed by atoms with E-state index in [9.17, 15) is 4.79 Å². The van der Waals surface area contributed by atoms with Crippen molar-refractivity contribution < 1.29 is 9.53 Å². The van der Waals surface area contributed by atoms with Gasteiger partial charge in [0.15, 0.2) is 0 Å². The molecule has 3 aromatic rings. The minimum absolute atomic E-state index is 0.0533. The maximum absolute atomic E-state index is 13.3. The van der Waals surface area contributed by atoms with Crippen molar-refractivity contribution >= 4 is 29.1 Å². The molecule has 0 aliphatic carbocycles. The zero-order valence-electron chi connectivity index (χ0n) is 19.4. The molecule has 0 fully saturated rings. The smallest absolute Gasteiger partial charge is 0.259 e. The van der Waals surface area contributed by atoms with E-state index in [0.29, 0.717) is 13.1 Å². The van der Waals surface area contributed by atoms with Gasteiger partial charge in [-0.1, -0.05) is 67.6 Å². The van der Waals surface area contributed by atoms with E-state index in [-0.39, 0.29) is 5.91 Å². The van der Waals surface area contributed by atoms with E-state index < -0.39 is 0 Å². The summed E-state index contributed by atoms with van der Waals surface area (Å²) in [6.45, 7) is 5.48. The van der Waals surface area contributed by atoms with Crippen LogP contribution in [0.1, 0.15) is 48.2 Å². The van der Waals surface area contributed by atoms with Crippen molar-refractivity contribution in [3.63, 3.8) is 0 Å². The van der Waals surface area contributed by atoms with Gasteiger partial charge in [0.2, 0.25) is 0 Å². The quantitative estimate of drug-likeness (QED) is 0.405. The van der Waals surface area contributed by atoms with Gasteiger partial charge in [-0.2, -0.15) is 0 Å². The van der Waals surface area contributed by atoms with E-state index >= 15 is 0 Å². The van der Waals surface area contributed by atoms with Crippen molar-refractivity contribution in [3.05, 3.63) is 89.5 Å². The zero-order valence-corrected chi connectivity index (χ0v) is 20.2. The third-order valence-electron chi connectivity index (χ3n) is 5.76. The van der Waals surface area contributed by atoms with E-state index in [1.54, 1.807) is 18.9 Å². The number of hydrogen-bond acceptors (Lipinski definition) is 4. The number of amides is 1. The number of unbranched alkanes of at least 4 members (excludes halogenated alkanes) is 1. The van der Waals surface area contributed by atoms with Crippen molar-refractivity contribution in [1.29, 1.82) is 0 Å². The second-order valence-electron chi connectivity index (χ2n) is 7.90. The number of rotatable bonds is 8. The van der Waals surface area contributed by atoms with Crippen LogP contribution < -0.4 is 15.0 Å². The Morgan fingerprint density at radius 3 is 2.61 bits per heavy atom. The highest BCUT2D eigenvalue weighted by Crippen LogP contribution is 2.42. The molecule has 1 aliphatic rings. The Labute approximate surface area is 200 Å². The Kier molecular flexibility index (Phi) is 7.40. The highest BCUT2D eigenvalue weighted by atomic mass is 32.2. The third-order valence-corrected chi connectivity index (χ3v) is 6.90. The first-order valence-electron chi connectivity index (χ1n) is 11.4. The summed E-state index contributed by atoms with van der Waals surface area (Å²) < 4.78 is 5.52. The maximum Gasteiger partial charge on any atom is 0.259 e. The molecule has 0 bridgehead atoms. The Bertz CT molecular complexity index is 1170. The zero-order chi connectivity index (χ0) is 23.2. The van der Waals surface area contributed by atoms with Crippen molar-refractivity contribution in [1.82, 2.24) is 5.32 Å². The molecule has 170 valence electrons. The van der Waals surface area contributed by atoms with Crippen molar-refractivity contribution in [3.8, 4) is 5.75 Å². The lowest BCUT2D eigenvalue weighted by molar-refractivity contribution is 0.0985. The van der Waals surface area contributed by atoms with Gasteiger partial charge in [-0.05, 0) is 49.2 Å². The number of ether oxygens (including phenoxy) is 1. The molecule has 0 saturated carbocycles. The summed E-state index contributed by atoms with van der Waals surface area (Å²) in [5.74, 6) is 0.927. The van der Waals surface area contributed by atoms with Crippen LogP contribution in [-0.2, 0) is 6.54 Å². The molecule has 3 aromatic carbocycles. The molecule has 4 nitrogen and oxygen atoms in total. The van der Waals surface area contributed by atoms with Gasteiger partial charge >= 0.3 is 0 Å². The van der Waals surface area contributed by atoms with Gasteiger partial charge in [0.05, 0.1) is 18.4 Å². The number of carbonyl (C=O) groups excluding carboxylic acids is 1. The Morgan fingerprint density at radius 2 is 1.82 bits per heavy atom. The number of allylic oxidation sites excluding steroid dienone is 1. The van der Waals surface area contributed by atoms with Gasteiger partial charge in [-0.15, -0.1) is 0 Å². The lowest BCUT2D eigenvalue weighted by atomic mass is 10.1. The molecule has 5 heteroatoms. The molecule has 0 unspecified atom stereocenters. The van der Waals surface area contributed by atoms with E-state index in [4.69, 9.17) is 4.74 Å². The van der Waals surface area contributed by atoms with Gasteiger partial charge < -0.3 is 15.0 Å².